The van der Waals surface area contributed by atoms with Crippen LogP contribution in [0.5, 0.6) is 0 Å². The van der Waals surface area contributed by atoms with Crippen LogP contribution in [0.3, 0.4) is 0 Å². The molecule has 0 radical (unpaired) electrons. The largest absolute Gasteiger partial charge is 0.360 e. The number of benzene rings is 1. The molecule has 0 aromatic heterocycles. The molecule has 0 saturated carbocycles. The normalized spacial score (nSPS) is 11.8. The molecule has 0 aliphatic heterocycles. The molecule has 1 atom stereocenters. The van der Waals surface area contributed by atoms with E-state index in [1.54, 1.807) is 19.1 Å². The van der Waals surface area contributed by atoms with Crippen LogP contribution >= 0.6 is 11.8 Å². The van der Waals surface area contributed by atoms with E-state index in [9.17, 15) is 9.59 Å². The molecule has 0 saturated heterocycles. The first kappa shape index (κ1) is 11.6. The van der Waals surface area contributed by atoms with Crippen molar-refractivity contribution in [2.75, 3.05) is 5.32 Å². The first-order valence-electron chi connectivity index (χ1n) is 4.41. The predicted molar refractivity (Wildman–Crippen MR) is 61.7 cm³/mol. The Morgan fingerprint density at radius 1 is 1.33 bits per heavy atom. The second-order valence-corrected chi connectivity index (χ2v) is 4.28. The number of nitrogens with two attached hydrogens (primary N) is 1. The van der Waals surface area contributed by atoms with E-state index in [1.807, 2.05) is 18.2 Å². The highest BCUT2D eigenvalue weighted by Crippen LogP contribution is 2.13. The van der Waals surface area contributed by atoms with Crippen molar-refractivity contribution in [1.82, 2.24) is 0 Å². The van der Waals surface area contributed by atoms with Gasteiger partial charge in [0.05, 0.1) is 5.25 Å². The second kappa shape index (κ2) is 5.41. The fraction of sp³-hybridized carbons (Fsp3) is 0.200. The highest BCUT2D eigenvalue weighted by molar-refractivity contribution is 8.14. The maximum Gasteiger partial charge on any atom is 0.277 e. The van der Waals surface area contributed by atoms with Gasteiger partial charge >= 0.3 is 0 Å². The van der Waals surface area contributed by atoms with Crippen molar-refractivity contribution < 1.29 is 9.59 Å². The van der Waals surface area contributed by atoms with Gasteiger partial charge in [0.15, 0.2) is 0 Å². The zero-order valence-corrected chi connectivity index (χ0v) is 9.08. The lowest BCUT2D eigenvalue weighted by atomic mass is 10.3. The zero-order chi connectivity index (χ0) is 11.3. The van der Waals surface area contributed by atoms with Gasteiger partial charge < -0.3 is 11.1 Å². The highest BCUT2D eigenvalue weighted by atomic mass is 32.2. The van der Waals surface area contributed by atoms with Gasteiger partial charge in [0.1, 0.15) is 0 Å². The summed E-state index contributed by atoms with van der Waals surface area (Å²) in [5.74, 6) is -0.231. The molecule has 0 heterocycles. The highest BCUT2D eigenvalue weighted by Gasteiger charge is 2.15. The maximum atomic E-state index is 11.5. The molecule has 4 nitrogen and oxygen atoms in total. The minimum Gasteiger partial charge on any atom is -0.360 e. The summed E-state index contributed by atoms with van der Waals surface area (Å²) in [6, 6.07) is 9.05. The predicted octanol–water partition coefficient (Wildman–Crippen LogP) is 1.83. The molecule has 1 unspecified atom stereocenters. The average molecular weight is 224 g/mol. The van der Waals surface area contributed by atoms with E-state index in [0.29, 0.717) is 5.69 Å². The Balaban J connectivity index is 2.52. The van der Waals surface area contributed by atoms with Gasteiger partial charge in [-0.3, -0.25) is 9.59 Å². The number of nitrogens with one attached hydrogen (secondary N) is 1. The topological polar surface area (TPSA) is 72.2 Å². The summed E-state index contributed by atoms with van der Waals surface area (Å²) in [5, 5.41) is 1.65. The smallest absolute Gasteiger partial charge is 0.277 e. The maximum absolute atomic E-state index is 11.5. The van der Waals surface area contributed by atoms with Crippen molar-refractivity contribution in [2.45, 2.75) is 12.2 Å². The summed E-state index contributed by atoms with van der Waals surface area (Å²) in [4.78, 5) is 22.1. The number of primary amides is 1. The molecule has 5 heteroatoms. The Kier molecular flexibility index (Phi) is 4.17. The van der Waals surface area contributed by atoms with Crippen LogP contribution in [-0.4, -0.2) is 16.4 Å². The number of hydrogen-bond acceptors (Lipinski definition) is 3. The number of thioether (sulfide) groups is 1. The molecule has 2 amide bonds. The van der Waals surface area contributed by atoms with Crippen molar-refractivity contribution in [3.05, 3.63) is 30.3 Å². The Bertz CT molecular complexity index is 354. The van der Waals surface area contributed by atoms with Crippen LogP contribution in [0.1, 0.15) is 6.92 Å². The van der Waals surface area contributed by atoms with Crippen LogP contribution < -0.4 is 11.1 Å². The number of para-hydroxylation sites is 1. The Labute approximate surface area is 92.2 Å². The number of hydrogen-bond donors (Lipinski definition) is 2. The van der Waals surface area contributed by atoms with Crippen molar-refractivity contribution in [2.24, 2.45) is 5.73 Å². The molecular formula is C10H12N2O2S. The molecule has 3 N–H and O–H groups in total. The molecule has 80 valence electrons. The van der Waals surface area contributed by atoms with E-state index < -0.39 is 10.5 Å². The van der Waals surface area contributed by atoms with E-state index in [4.69, 9.17) is 5.73 Å². The minimum atomic E-state index is -0.550. The van der Waals surface area contributed by atoms with Gasteiger partial charge in [0.2, 0.25) is 5.91 Å². The lowest BCUT2D eigenvalue weighted by molar-refractivity contribution is -0.115. The van der Waals surface area contributed by atoms with Crippen LogP contribution in [0.25, 0.3) is 0 Å². The Hall–Kier alpha value is -1.49. The molecule has 1 rings (SSSR count). The van der Waals surface area contributed by atoms with E-state index in [2.05, 4.69) is 5.32 Å². The molecule has 0 aliphatic rings. The van der Waals surface area contributed by atoms with Gasteiger partial charge in [-0.1, -0.05) is 30.0 Å². The third-order valence-corrected chi connectivity index (χ3v) is 2.50. The van der Waals surface area contributed by atoms with Gasteiger partial charge in [-0.25, -0.2) is 0 Å². The standard InChI is InChI=1S/C10H12N2O2S/c1-7(15-10(11)14)9(13)12-8-5-3-2-4-6-8/h2-7H,1H3,(H2,11,14)(H,12,13). The molecule has 15 heavy (non-hydrogen) atoms. The van der Waals surface area contributed by atoms with Crippen molar-refractivity contribution in [3.63, 3.8) is 0 Å². The quantitative estimate of drug-likeness (QED) is 0.822. The summed E-state index contributed by atoms with van der Waals surface area (Å²) in [7, 11) is 0. The molecule has 1 aromatic carbocycles. The van der Waals surface area contributed by atoms with Gasteiger partial charge in [0, 0.05) is 5.69 Å². The van der Waals surface area contributed by atoms with Crippen LogP contribution in [0.2, 0.25) is 0 Å². The van der Waals surface area contributed by atoms with Crippen molar-refractivity contribution in [3.8, 4) is 0 Å². The SMILES string of the molecule is CC(SC(N)=O)C(=O)Nc1ccccc1. The second-order valence-electron chi connectivity index (χ2n) is 2.93. The summed E-state index contributed by atoms with van der Waals surface area (Å²) in [6.45, 7) is 1.63. The fourth-order valence-corrected chi connectivity index (χ4v) is 1.51. The lowest BCUT2D eigenvalue weighted by Crippen LogP contribution is -2.24. The lowest BCUT2D eigenvalue weighted by Gasteiger charge is -2.09. The average Bonchev–Trinajstić information content (AvgIpc) is 2.18. The summed E-state index contributed by atoms with van der Waals surface area (Å²) < 4.78 is 0. The third-order valence-electron chi connectivity index (χ3n) is 1.70. The summed E-state index contributed by atoms with van der Waals surface area (Å²) in [5.41, 5.74) is 5.68. The van der Waals surface area contributed by atoms with Gasteiger partial charge in [-0.15, -0.1) is 0 Å². The van der Waals surface area contributed by atoms with Crippen LogP contribution in [0.4, 0.5) is 10.5 Å². The van der Waals surface area contributed by atoms with E-state index in [0.717, 1.165) is 11.8 Å². The van der Waals surface area contributed by atoms with E-state index >= 15 is 0 Å². The number of carbonyl (C=O) groups is 2. The molecule has 0 aliphatic carbocycles. The van der Waals surface area contributed by atoms with Gasteiger partial charge in [0.25, 0.3) is 5.24 Å². The number of amides is 2. The molecular weight excluding hydrogens is 212 g/mol. The first-order chi connectivity index (χ1) is 7.09. The zero-order valence-electron chi connectivity index (χ0n) is 8.27. The number of rotatable bonds is 3. The van der Waals surface area contributed by atoms with E-state index in [-0.39, 0.29) is 5.91 Å². The number of anilines is 1. The fourth-order valence-electron chi connectivity index (χ4n) is 0.993. The molecule has 0 bridgehead atoms. The molecule has 0 spiro atoms. The number of carbonyl (C=O) groups excluding carboxylic acids is 2. The molecule has 0 fully saturated rings. The van der Waals surface area contributed by atoms with Gasteiger partial charge in [-0.05, 0) is 19.1 Å². The minimum absolute atomic E-state index is 0.231. The van der Waals surface area contributed by atoms with Crippen molar-refractivity contribution in [1.29, 1.82) is 0 Å². The third kappa shape index (κ3) is 4.03. The molecule has 1 aromatic rings. The van der Waals surface area contributed by atoms with Crippen LogP contribution in [0.15, 0.2) is 30.3 Å². The summed E-state index contributed by atoms with van der Waals surface area (Å²) in [6.07, 6.45) is 0. The Morgan fingerprint density at radius 3 is 2.47 bits per heavy atom. The van der Waals surface area contributed by atoms with Crippen molar-refractivity contribution >= 4 is 28.6 Å². The van der Waals surface area contributed by atoms with Crippen LogP contribution in [0, 0.1) is 0 Å². The Morgan fingerprint density at radius 2 is 1.93 bits per heavy atom. The van der Waals surface area contributed by atoms with E-state index in [1.165, 1.54) is 0 Å². The van der Waals surface area contributed by atoms with Crippen LogP contribution in [-0.2, 0) is 4.79 Å². The van der Waals surface area contributed by atoms with Gasteiger partial charge in [-0.2, -0.15) is 0 Å². The monoisotopic (exact) mass is 224 g/mol. The first-order valence-corrected chi connectivity index (χ1v) is 5.29. The summed E-state index contributed by atoms with van der Waals surface area (Å²) >= 11 is 0.809.